The summed E-state index contributed by atoms with van der Waals surface area (Å²) in [5.74, 6) is 1.51. The van der Waals surface area contributed by atoms with Gasteiger partial charge in [0.2, 0.25) is 0 Å². The second-order valence-electron chi connectivity index (χ2n) is 6.24. The molecule has 7 nitrogen and oxygen atoms in total. The highest BCUT2D eigenvalue weighted by molar-refractivity contribution is 5.94. The van der Waals surface area contributed by atoms with Crippen molar-refractivity contribution in [1.29, 1.82) is 0 Å². The zero-order valence-electron chi connectivity index (χ0n) is 14.5. The van der Waals surface area contributed by atoms with Gasteiger partial charge in [-0.3, -0.25) is 4.79 Å². The Morgan fingerprint density at radius 1 is 1.23 bits per heavy atom. The summed E-state index contributed by atoms with van der Waals surface area (Å²) < 4.78 is 1.67. The first-order valence-corrected chi connectivity index (χ1v) is 8.67. The third-order valence-electron chi connectivity index (χ3n) is 4.67. The van der Waals surface area contributed by atoms with E-state index in [-0.39, 0.29) is 11.9 Å². The lowest BCUT2D eigenvalue weighted by molar-refractivity contribution is 0.0735. The first kappa shape index (κ1) is 16.3. The quantitative estimate of drug-likeness (QED) is 0.784. The minimum Gasteiger partial charge on any atom is -0.373 e. The highest BCUT2D eigenvalue weighted by Crippen LogP contribution is 2.33. The minimum atomic E-state index is 0.00911. The fourth-order valence-corrected chi connectivity index (χ4v) is 3.37. The number of pyridine rings is 2. The molecule has 1 N–H and O–H groups in total. The van der Waals surface area contributed by atoms with Crippen LogP contribution in [0.5, 0.6) is 0 Å². The lowest BCUT2D eigenvalue weighted by Crippen LogP contribution is -2.30. The van der Waals surface area contributed by atoms with Gasteiger partial charge in [-0.25, -0.2) is 14.6 Å². The molecule has 1 saturated heterocycles. The van der Waals surface area contributed by atoms with Crippen LogP contribution in [0.4, 0.5) is 5.82 Å². The number of likely N-dealkylation sites (tertiary alicyclic amines) is 1. The van der Waals surface area contributed by atoms with Crippen LogP contribution in [0.3, 0.4) is 0 Å². The van der Waals surface area contributed by atoms with Crippen LogP contribution in [-0.4, -0.2) is 44.1 Å². The second-order valence-corrected chi connectivity index (χ2v) is 6.24. The molecule has 1 fully saturated rings. The molecule has 0 radical (unpaired) electrons. The van der Waals surface area contributed by atoms with Gasteiger partial charge in [-0.05, 0) is 48.7 Å². The molecule has 1 aliphatic rings. The third-order valence-corrected chi connectivity index (χ3v) is 4.67. The monoisotopic (exact) mass is 348 g/mol. The summed E-state index contributed by atoms with van der Waals surface area (Å²) in [5, 5.41) is 7.21. The zero-order chi connectivity index (χ0) is 17.9. The number of amides is 1. The van der Waals surface area contributed by atoms with Crippen molar-refractivity contribution in [2.45, 2.75) is 18.9 Å². The first-order valence-electron chi connectivity index (χ1n) is 8.67. The van der Waals surface area contributed by atoms with Gasteiger partial charge >= 0.3 is 0 Å². The average molecular weight is 348 g/mol. The molecule has 132 valence electrons. The van der Waals surface area contributed by atoms with Crippen molar-refractivity contribution in [3.8, 4) is 5.82 Å². The Kier molecular flexibility index (Phi) is 4.35. The summed E-state index contributed by atoms with van der Waals surface area (Å²) in [6.07, 6.45) is 8.87. The number of carbonyl (C=O) groups excluding carboxylic acids is 1. The van der Waals surface area contributed by atoms with Crippen molar-refractivity contribution in [2.75, 3.05) is 18.9 Å². The smallest absolute Gasteiger partial charge is 0.255 e. The maximum absolute atomic E-state index is 13.0. The topological polar surface area (TPSA) is 75.9 Å². The van der Waals surface area contributed by atoms with Gasteiger partial charge in [-0.1, -0.05) is 0 Å². The Balaban J connectivity index is 1.56. The van der Waals surface area contributed by atoms with Gasteiger partial charge in [0.15, 0.2) is 5.82 Å². The fourth-order valence-electron chi connectivity index (χ4n) is 3.37. The molecule has 0 spiro atoms. The second kappa shape index (κ2) is 6.95. The number of anilines is 1. The van der Waals surface area contributed by atoms with Crippen molar-refractivity contribution in [2.24, 2.45) is 0 Å². The van der Waals surface area contributed by atoms with Crippen LogP contribution in [-0.2, 0) is 0 Å². The zero-order valence-corrected chi connectivity index (χ0v) is 14.5. The highest BCUT2D eigenvalue weighted by atomic mass is 16.2. The molecule has 4 heterocycles. The van der Waals surface area contributed by atoms with Gasteiger partial charge in [0.1, 0.15) is 5.82 Å². The summed E-state index contributed by atoms with van der Waals surface area (Å²) >= 11 is 0. The summed E-state index contributed by atoms with van der Waals surface area (Å²) in [4.78, 5) is 23.6. The molecule has 1 amide bonds. The van der Waals surface area contributed by atoms with E-state index in [0.29, 0.717) is 11.4 Å². The molecule has 0 aromatic carbocycles. The van der Waals surface area contributed by atoms with E-state index in [4.69, 9.17) is 0 Å². The van der Waals surface area contributed by atoms with Crippen LogP contribution in [0, 0.1) is 0 Å². The largest absolute Gasteiger partial charge is 0.373 e. The van der Waals surface area contributed by atoms with Gasteiger partial charge in [0, 0.05) is 38.4 Å². The SMILES string of the molecule is CNc1cc(C2CCCN2C(=O)c2ccc(-n3cccn3)nc2)ccn1. The van der Waals surface area contributed by atoms with E-state index in [1.165, 1.54) is 0 Å². The van der Waals surface area contributed by atoms with E-state index in [9.17, 15) is 4.79 Å². The van der Waals surface area contributed by atoms with Crippen LogP contribution >= 0.6 is 0 Å². The minimum absolute atomic E-state index is 0.00911. The van der Waals surface area contributed by atoms with Gasteiger partial charge in [0.25, 0.3) is 5.91 Å². The van der Waals surface area contributed by atoms with E-state index in [2.05, 4.69) is 20.4 Å². The molecule has 1 atom stereocenters. The van der Waals surface area contributed by atoms with E-state index >= 15 is 0 Å². The number of aromatic nitrogens is 4. The Labute approximate surface area is 151 Å². The van der Waals surface area contributed by atoms with Crippen LogP contribution in [0.1, 0.15) is 34.8 Å². The van der Waals surface area contributed by atoms with Crippen LogP contribution < -0.4 is 5.32 Å². The fraction of sp³-hybridized carbons (Fsp3) is 0.263. The summed E-state index contributed by atoms with van der Waals surface area (Å²) in [5.41, 5.74) is 1.70. The number of nitrogens with zero attached hydrogens (tertiary/aromatic N) is 5. The summed E-state index contributed by atoms with van der Waals surface area (Å²) in [6.45, 7) is 0.752. The molecule has 1 unspecified atom stereocenters. The van der Waals surface area contributed by atoms with E-state index < -0.39 is 0 Å². The number of rotatable bonds is 4. The van der Waals surface area contributed by atoms with Crippen LogP contribution in [0.25, 0.3) is 5.82 Å². The Morgan fingerprint density at radius 3 is 2.88 bits per heavy atom. The average Bonchev–Trinajstić information content (AvgIpc) is 3.39. The molecule has 7 heteroatoms. The number of nitrogens with one attached hydrogen (secondary N) is 1. The molecule has 26 heavy (non-hydrogen) atoms. The Morgan fingerprint density at radius 2 is 2.15 bits per heavy atom. The first-order chi connectivity index (χ1) is 12.8. The molecule has 0 aliphatic carbocycles. The third kappa shape index (κ3) is 3.03. The molecule has 0 saturated carbocycles. The predicted molar refractivity (Wildman–Crippen MR) is 98.2 cm³/mol. The Hall–Kier alpha value is -3.22. The molecule has 3 aromatic rings. The molecule has 4 rings (SSSR count). The van der Waals surface area contributed by atoms with Gasteiger partial charge in [0.05, 0.1) is 11.6 Å². The van der Waals surface area contributed by atoms with Crippen molar-refractivity contribution < 1.29 is 4.79 Å². The van der Waals surface area contributed by atoms with Crippen molar-refractivity contribution >= 4 is 11.7 Å². The van der Waals surface area contributed by atoms with E-state index in [0.717, 1.165) is 30.8 Å². The van der Waals surface area contributed by atoms with Crippen molar-refractivity contribution in [3.63, 3.8) is 0 Å². The van der Waals surface area contributed by atoms with Crippen molar-refractivity contribution in [3.05, 3.63) is 66.2 Å². The molecular weight excluding hydrogens is 328 g/mol. The lowest BCUT2D eigenvalue weighted by atomic mass is 10.1. The van der Waals surface area contributed by atoms with E-state index in [1.807, 2.05) is 48.5 Å². The van der Waals surface area contributed by atoms with Crippen molar-refractivity contribution in [1.82, 2.24) is 24.6 Å². The number of carbonyl (C=O) groups is 1. The standard InChI is InChI=1S/C19H20N6O/c1-20-17-12-14(7-9-21-17)16-4-2-10-24(16)19(26)15-5-6-18(22-13-15)25-11-3-8-23-25/h3,5-9,11-13,16H,2,4,10H2,1H3,(H,20,21). The van der Waals surface area contributed by atoms with Crippen LogP contribution in [0.2, 0.25) is 0 Å². The summed E-state index contributed by atoms with van der Waals surface area (Å²) in [6, 6.07) is 9.53. The Bertz CT molecular complexity index is 891. The number of hydrogen-bond donors (Lipinski definition) is 1. The maximum atomic E-state index is 13.0. The molecule has 3 aromatic heterocycles. The lowest BCUT2D eigenvalue weighted by Gasteiger charge is -2.25. The normalized spacial score (nSPS) is 16.7. The van der Waals surface area contributed by atoms with Crippen LogP contribution in [0.15, 0.2) is 55.1 Å². The maximum Gasteiger partial charge on any atom is 0.255 e. The van der Waals surface area contributed by atoms with Gasteiger partial charge in [-0.15, -0.1) is 0 Å². The van der Waals surface area contributed by atoms with Gasteiger partial charge in [-0.2, -0.15) is 5.10 Å². The van der Waals surface area contributed by atoms with Gasteiger partial charge < -0.3 is 10.2 Å². The predicted octanol–water partition coefficient (Wildman–Crippen LogP) is 2.68. The molecular formula is C19H20N6O. The molecule has 0 bridgehead atoms. The highest BCUT2D eigenvalue weighted by Gasteiger charge is 2.31. The van der Waals surface area contributed by atoms with E-state index in [1.54, 1.807) is 23.3 Å². The number of hydrogen-bond acceptors (Lipinski definition) is 5. The summed E-state index contributed by atoms with van der Waals surface area (Å²) in [7, 11) is 1.84. The molecule has 1 aliphatic heterocycles.